The molecule has 3 N–H and O–H groups in total. The largest absolute Gasteiger partial charge is 0.485 e. The van der Waals surface area contributed by atoms with Gasteiger partial charge in [0.1, 0.15) is 5.75 Å². The van der Waals surface area contributed by atoms with Crippen molar-refractivity contribution in [2.75, 3.05) is 5.32 Å². The molecule has 2 aromatic rings. The Bertz CT molecular complexity index is 715. The number of benzene rings is 1. The number of nitrogens with two attached hydrogens (primary N) is 1. The van der Waals surface area contributed by atoms with E-state index < -0.39 is 6.04 Å². The molecule has 1 amide bonds. The molecule has 0 spiro atoms. The number of rotatable bonds is 8. The van der Waals surface area contributed by atoms with E-state index in [0.717, 1.165) is 19.3 Å². The summed E-state index contributed by atoms with van der Waals surface area (Å²) in [7, 11) is 0. The number of nitrogens with zero attached hydrogens (tertiary/aromatic N) is 2. The van der Waals surface area contributed by atoms with E-state index in [1.54, 1.807) is 24.3 Å². The maximum Gasteiger partial charge on any atom is 0.241 e. The third-order valence-electron chi connectivity index (χ3n) is 4.46. The van der Waals surface area contributed by atoms with Gasteiger partial charge in [0.15, 0.2) is 6.61 Å². The van der Waals surface area contributed by atoms with E-state index >= 15 is 0 Å². The summed E-state index contributed by atoms with van der Waals surface area (Å²) in [6.45, 7) is 4.23. The Hall–Kier alpha value is -2.12. The van der Waals surface area contributed by atoms with Crippen LogP contribution in [0.5, 0.6) is 5.75 Å². The number of anilines is 1. The van der Waals surface area contributed by atoms with Gasteiger partial charge in [0, 0.05) is 11.6 Å². The topological polar surface area (TPSA) is 103 Å². The number of amides is 1. The van der Waals surface area contributed by atoms with Gasteiger partial charge in [-0.3, -0.25) is 4.79 Å². The Balaban J connectivity index is 0.00000243. The summed E-state index contributed by atoms with van der Waals surface area (Å²) in [5.74, 6) is 2.31. The average Bonchev–Trinajstić information content (AvgIpc) is 3.38. The average molecular weight is 381 g/mol. The van der Waals surface area contributed by atoms with E-state index in [-0.39, 0.29) is 30.8 Å². The SMILES string of the molecule is CCC(C)C(N)C(=O)Nc1ccc(OCc2noc(C3CC3)n2)cc1.Cl. The number of hydrogen-bond acceptors (Lipinski definition) is 6. The Morgan fingerprint density at radius 3 is 2.69 bits per heavy atom. The van der Waals surface area contributed by atoms with Crippen LogP contribution in [0.1, 0.15) is 50.7 Å². The van der Waals surface area contributed by atoms with Crippen LogP contribution in [0.4, 0.5) is 5.69 Å². The quantitative estimate of drug-likeness (QED) is 0.728. The normalized spacial score (nSPS) is 15.7. The number of ether oxygens (including phenoxy) is 1. The molecule has 0 bridgehead atoms. The second-order valence-electron chi connectivity index (χ2n) is 6.54. The molecule has 0 aliphatic heterocycles. The zero-order valence-electron chi connectivity index (χ0n) is 15.0. The van der Waals surface area contributed by atoms with Gasteiger partial charge in [-0.1, -0.05) is 25.4 Å². The van der Waals surface area contributed by atoms with Crippen molar-refractivity contribution in [2.24, 2.45) is 11.7 Å². The van der Waals surface area contributed by atoms with E-state index in [0.29, 0.717) is 29.1 Å². The number of halogens is 1. The molecule has 0 saturated heterocycles. The van der Waals surface area contributed by atoms with Crippen LogP contribution in [0, 0.1) is 5.92 Å². The van der Waals surface area contributed by atoms with Gasteiger partial charge in [-0.05, 0) is 43.0 Å². The third-order valence-corrected chi connectivity index (χ3v) is 4.46. The van der Waals surface area contributed by atoms with E-state index in [1.807, 2.05) is 13.8 Å². The van der Waals surface area contributed by atoms with E-state index in [4.69, 9.17) is 15.0 Å². The first kappa shape index (κ1) is 20.2. The molecular formula is C18H25ClN4O3. The van der Waals surface area contributed by atoms with Crippen LogP contribution in [0.3, 0.4) is 0 Å². The van der Waals surface area contributed by atoms with Gasteiger partial charge in [0.2, 0.25) is 17.6 Å². The summed E-state index contributed by atoms with van der Waals surface area (Å²) in [5.41, 5.74) is 6.62. The predicted molar refractivity (Wildman–Crippen MR) is 100 cm³/mol. The molecule has 3 rings (SSSR count). The van der Waals surface area contributed by atoms with Crippen molar-refractivity contribution in [1.82, 2.24) is 10.1 Å². The van der Waals surface area contributed by atoms with E-state index in [1.165, 1.54) is 0 Å². The van der Waals surface area contributed by atoms with Crippen molar-refractivity contribution in [3.63, 3.8) is 0 Å². The fourth-order valence-electron chi connectivity index (χ4n) is 2.34. The van der Waals surface area contributed by atoms with Crippen LogP contribution < -0.4 is 15.8 Å². The van der Waals surface area contributed by atoms with Crippen molar-refractivity contribution in [2.45, 2.75) is 51.7 Å². The molecular weight excluding hydrogens is 356 g/mol. The standard InChI is InChI=1S/C18H24N4O3.ClH/c1-3-11(2)16(19)17(23)20-13-6-8-14(9-7-13)24-10-15-21-18(25-22-15)12-4-5-12;/h6-9,11-12,16H,3-5,10,19H2,1-2H3,(H,20,23);1H. The molecule has 2 atom stereocenters. The first-order valence-corrected chi connectivity index (χ1v) is 8.68. The summed E-state index contributed by atoms with van der Waals surface area (Å²) in [6, 6.07) is 6.61. The van der Waals surface area contributed by atoms with Crippen LogP contribution in [0.25, 0.3) is 0 Å². The molecule has 1 aromatic heterocycles. The Labute approximate surface area is 159 Å². The summed E-state index contributed by atoms with van der Waals surface area (Å²) < 4.78 is 10.8. The van der Waals surface area contributed by atoms with Crippen molar-refractivity contribution in [1.29, 1.82) is 0 Å². The zero-order chi connectivity index (χ0) is 17.8. The minimum Gasteiger partial charge on any atom is -0.485 e. The lowest BCUT2D eigenvalue weighted by molar-refractivity contribution is -0.118. The van der Waals surface area contributed by atoms with Crippen molar-refractivity contribution in [3.8, 4) is 5.75 Å². The summed E-state index contributed by atoms with van der Waals surface area (Å²) in [6.07, 6.45) is 3.10. The van der Waals surface area contributed by atoms with Gasteiger partial charge in [-0.15, -0.1) is 12.4 Å². The highest BCUT2D eigenvalue weighted by molar-refractivity contribution is 5.94. The van der Waals surface area contributed by atoms with Crippen LogP contribution >= 0.6 is 12.4 Å². The minimum absolute atomic E-state index is 0. The van der Waals surface area contributed by atoms with Gasteiger partial charge in [0.05, 0.1) is 6.04 Å². The second-order valence-corrected chi connectivity index (χ2v) is 6.54. The maximum atomic E-state index is 12.1. The maximum absolute atomic E-state index is 12.1. The van der Waals surface area contributed by atoms with Gasteiger partial charge < -0.3 is 20.3 Å². The number of aromatic nitrogens is 2. The van der Waals surface area contributed by atoms with Crippen LogP contribution in [-0.4, -0.2) is 22.1 Å². The first-order chi connectivity index (χ1) is 12.1. The molecule has 8 heteroatoms. The molecule has 26 heavy (non-hydrogen) atoms. The fraction of sp³-hybridized carbons (Fsp3) is 0.500. The molecule has 1 aromatic carbocycles. The van der Waals surface area contributed by atoms with Gasteiger partial charge in [-0.2, -0.15) is 4.98 Å². The van der Waals surface area contributed by atoms with Crippen LogP contribution in [0.15, 0.2) is 28.8 Å². The summed E-state index contributed by atoms with van der Waals surface area (Å²) >= 11 is 0. The van der Waals surface area contributed by atoms with Gasteiger partial charge in [-0.25, -0.2) is 0 Å². The Kier molecular flexibility index (Phi) is 6.99. The smallest absolute Gasteiger partial charge is 0.241 e. The van der Waals surface area contributed by atoms with Crippen molar-refractivity contribution < 1.29 is 14.1 Å². The zero-order valence-corrected chi connectivity index (χ0v) is 15.8. The summed E-state index contributed by atoms with van der Waals surface area (Å²) in [5, 5.41) is 6.73. The second kappa shape index (κ2) is 9.00. The minimum atomic E-state index is -0.514. The van der Waals surface area contributed by atoms with Crippen molar-refractivity contribution >= 4 is 24.0 Å². The molecule has 2 unspecified atom stereocenters. The lowest BCUT2D eigenvalue weighted by atomic mass is 9.99. The fourth-order valence-corrected chi connectivity index (χ4v) is 2.34. The molecule has 142 valence electrons. The van der Waals surface area contributed by atoms with E-state index in [2.05, 4.69) is 15.5 Å². The van der Waals surface area contributed by atoms with Crippen molar-refractivity contribution in [3.05, 3.63) is 36.0 Å². The monoisotopic (exact) mass is 380 g/mol. The molecule has 1 fully saturated rings. The highest BCUT2D eigenvalue weighted by Crippen LogP contribution is 2.38. The number of nitrogens with one attached hydrogen (secondary N) is 1. The molecule has 1 heterocycles. The first-order valence-electron chi connectivity index (χ1n) is 8.68. The summed E-state index contributed by atoms with van der Waals surface area (Å²) in [4.78, 5) is 16.4. The number of hydrogen-bond donors (Lipinski definition) is 2. The van der Waals surface area contributed by atoms with E-state index in [9.17, 15) is 4.79 Å². The van der Waals surface area contributed by atoms with Crippen LogP contribution in [0.2, 0.25) is 0 Å². The molecule has 1 aliphatic rings. The molecule has 1 saturated carbocycles. The number of carbonyl (C=O) groups excluding carboxylic acids is 1. The highest BCUT2D eigenvalue weighted by atomic mass is 35.5. The van der Waals surface area contributed by atoms with Gasteiger partial charge >= 0.3 is 0 Å². The Morgan fingerprint density at radius 1 is 1.38 bits per heavy atom. The third kappa shape index (κ3) is 5.19. The van der Waals surface area contributed by atoms with Gasteiger partial charge in [0.25, 0.3) is 0 Å². The predicted octanol–water partition coefficient (Wildman–Crippen LogP) is 3.26. The van der Waals surface area contributed by atoms with Crippen LogP contribution in [-0.2, 0) is 11.4 Å². The molecule has 1 aliphatic carbocycles. The molecule has 0 radical (unpaired) electrons. The lowest BCUT2D eigenvalue weighted by Gasteiger charge is -2.17. The lowest BCUT2D eigenvalue weighted by Crippen LogP contribution is -2.40. The number of carbonyl (C=O) groups is 1. The Morgan fingerprint density at radius 2 is 2.08 bits per heavy atom. The molecule has 7 nitrogen and oxygen atoms in total. The highest BCUT2D eigenvalue weighted by Gasteiger charge is 2.29.